The first kappa shape index (κ1) is 24.6. The second-order valence-corrected chi connectivity index (χ2v) is 9.42. The Morgan fingerprint density at radius 3 is 2.59 bits per heavy atom. The van der Waals surface area contributed by atoms with E-state index in [4.69, 9.17) is 4.74 Å². The van der Waals surface area contributed by atoms with E-state index in [0.29, 0.717) is 26.1 Å². The van der Waals surface area contributed by atoms with Crippen molar-refractivity contribution in [1.29, 1.82) is 0 Å². The summed E-state index contributed by atoms with van der Waals surface area (Å²) in [5, 5.41) is 4.39. The number of carbonyl (C=O) groups excluding carboxylic acids is 2. The van der Waals surface area contributed by atoms with Crippen LogP contribution < -0.4 is 10.1 Å². The van der Waals surface area contributed by atoms with Crippen LogP contribution in [-0.4, -0.2) is 59.9 Å². The lowest BCUT2D eigenvalue weighted by atomic mass is 9.98. The Morgan fingerprint density at radius 2 is 1.78 bits per heavy atom. The van der Waals surface area contributed by atoms with Crippen LogP contribution in [0.25, 0.3) is 10.9 Å². The van der Waals surface area contributed by atoms with Gasteiger partial charge >= 0.3 is 0 Å². The zero-order chi connectivity index (χ0) is 25.8. The van der Waals surface area contributed by atoms with Crippen molar-refractivity contribution in [3.63, 3.8) is 0 Å². The number of benzene rings is 3. The maximum Gasteiger partial charge on any atom is 0.245 e. The molecule has 2 amide bonds. The Labute approximate surface area is 217 Å². The number of hydrogen-bond acceptors (Lipinski definition) is 4. The van der Waals surface area contributed by atoms with E-state index in [1.54, 1.807) is 24.0 Å². The molecule has 3 aromatic carbocycles. The fourth-order valence-corrected chi connectivity index (χ4v) is 5.17. The Morgan fingerprint density at radius 1 is 1.05 bits per heavy atom. The van der Waals surface area contributed by atoms with E-state index in [1.165, 1.54) is 0 Å². The lowest BCUT2D eigenvalue weighted by Crippen LogP contribution is -2.58. The molecule has 7 heteroatoms. The molecule has 1 saturated heterocycles. The number of carbonyl (C=O) groups is 2. The lowest BCUT2D eigenvalue weighted by Gasteiger charge is -2.39. The normalized spacial score (nSPS) is 16.5. The number of nitrogens with one attached hydrogen (secondary N) is 2. The van der Waals surface area contributed by atoms with Crippen LogP contribution in [0.5, 0.6) is 5.75 Å². The summed E-state index contributed by atoms with van der Waals surface area (Å²) in [6.45, 7) is 1.45. The number of H-pyrrole nitrogens is 1. The Hall–Kier alpha value is -4.10. The maximum atomic E-state index is 14.0. The van der Waals surface area contributed by atoms with Crippen molar-refractivity contribution < 1.29 is 14.3 Å². The van der Waals surface area contributed by atoms with Gasteiger partial charge in [-0.2, -0.15) is 0 Å². The van der Waals surface area contributed by atoms with Crippen molar-refractivity contribution in [2.45, 2.75) is 25.0 Å². The number of aromatic nitrogens is 1. The predicted molar refractivity (Wildman–Crippen MR) is 144 cm³/mol. The van der Waals surface area contributed by atoms with Crippen molar-refractivity contribution >= 4 is 22.7 Å². The highest BCUT2D eigenvalue weighted by molar-refractivity contribution is 5.95. The number of nitrogens with zero attached hydrogens (tertiary/aromatic N) is 2. The second-order valence-electron chi connectivity index (χ2n) is 9.42. The standard InChI is InChI=1S/C30H32N4O3/c1-33(20-22-12-6-9-15-27(22)37-2)29(35)26(18-21-10-4-3-5-11-21)34-17-16-31-28(30(34)36)24-19-32-25-14-8-7-13-23(24)25/h3-15,19,26,28,31-32H,16-18,20H2,1-2H3/t26-,28?/m0/s1. The van der Waals surface area contributed by atoms with Crippen LogP contribution in [0.1, 0.15) is 22.7 Å². The molecular weight excluding hydrogens is 464 g/mol. The van der Waals surface area contributed by atoms with Crippen LogP contribution in [0.4, 0.5) is 0 Å². The van der Waals surface area contributed by atoms with Gasteiger partial charge in [0.2, 0.25) is 11.8 Å². The van der Waals surface area contributed by atoms with E-state index < -0.39 is 12.1 Å². The maximum absolute atomic E-state index is 14.0. The number of likely N-dealkylation sites (N-methyl/N-ethyl adjacent to an activating group) is 1. The van der Waals surface area contributed by atoms with Crippen LogP contribution in [-0.2, 0) is 22.6 Å². The van der Waals surface area contributed by atoms with Crippen LogP contribution in [0, 0.1) is 0 Å². The molecule has 2 N–H and O–H groups in total. The van der Waals surface area contributed by atoms with E-state index in [0.717, 1.165) is 33.3 Å². The molecule has 1 fully saturated rings. The number of fused-ring (bicyclic) bond motifs is 1. The van der Waals surface area contributed by atoms with Crippen LogP contribution in [0.3, 0.4) is 0 Å². The monoisotopic (exact) mass is 496 g/mol. The first-order valence-corrected chi connectivity index (χ1v) is 12.6. The average Bonchev–Trinajstić information content (AvgIpc) is 3.36. The molecule has 1 unspecified atom stereocenters. The molecule has 2 atom stereocenters. The molecule has 37 heavy (non-hydrogen) atoms. The molecule has 0 aliphatic carbocycles. The third-order valence-electron chi connectivity index (χ3n) is 7.07. The third kappa shape index (κ3) is 5.08. The van der Waals surface area contributed by atoms with Gasteiger partial charge in [0.05, 0.1) is 7.11 Å². The summed E-state index contributed by atoms with van der Waals surface area (Å²) in [4.78, 5) is 34.6. The highest BCUT2D eigenvalue weighted by Crippen LogP contribution is 2.29. The lowest BCUT2D eigenvalue weighted by molar-refractivity contribution is -0.148. The zero-order valence-corrected chi connectivity index (χ0v) is 21.2. The van der Waals surface area contributed by atoms with Gasteiger partial charge in [-0.25, -0.2) is 0 Å². The molecule has 4 aromatic rings. The van der Waals surface area contributed by atoms with E-state index in [9.17, 15) is 9.59 Å². The fourth-order valence-electron chi connectivity index (χ4n) is 5.17. The summed E-state index contributed by atoms with van der Waals surface area (Å²) < 4.78 is 5.49. The van der Waals surface area contributed by atoms with Gasteiger partial charge in [-0.1, -0.05) is 66.7 Å². The fraction of sp³-hybridized carbons (Fsp3) is 0.267. The zero-order valence-electron chi connectivity index (χ0n) is 21.2. The van der Waals surface area contributed by atoms with Crippen molar-refractivity contribution in [1.82, 2.24) is 20.1 Å². The van der Waals surface area contributed by atoms with Gasteiger partial charge < -0.3 is 24.8 Å². The summed E-state index contributed by atoms with van der Waals surface area (Å²) in [5.41, 5.74) is 3.82. The van der Waals surface area contributed by atoms with Crippen molar-refractivity contribution in [2.75, 3.05) is 27.2 Å². The highest BCUT2D eigenvalue weighted by Gasteiger charge is 2.39. The van der Waals surface area contributed by atoms with Crippen molar-refractivity contribution in [2.24, 2.45) is 0 Å². The van der Waals surface area contributed by atoms with E-state index in [1.807, 2.05) is 85.1 Å². The third-order valence-corrected chi connectivity index (χ3v) is 7.07. The molecule has 0 spiro atoms. The molecule has 1 aliphatic rings. The van der Waals surface area contributed by atoms with E-state index in [2.05, 4.69) is 10.3 Å². The van der Waals surface area contributed by atoms with E-state index in [-0.39, 0.29) is 11.8 Å². The Balaban J connectivity index is 1.44. The van der Waals surface area contributed by atoms with Crippen LogP contribution in [0.15, 0.2) is 85.1 Å². The summed E-state index contributed by atoms with van der Waals surface area (Å²) in [6, 6.07) is 24.4. The van der Waals surface area contributed by atoms with Gasteiger partial charge in [0, 0.05) is 61.3 Å². The molecule has 2 heterocycles. The summed E-state index contributed by atoms with van der Waals surface area (Å²) >= 11 is 0. The van der Waals surface area contributed by atoms with Gasteiger partial charge in [0.15, 0.2) is 0 Å². The number of rotatable bonds is 8. The highest BCUT2D eigenvalue weighted by atomic mass is 16.5. The minimum atomic E-state index is -0.621. The van der Waals surface area contributed by atoms with E-state index >= 15 is 0 Å². The Kier molecular flexibility index (Phi) is 7.23. The molecule has 5 rings (SSSR count). The molecule has 1 aromatic heterocycles. The van der Waals surface area contributed by atoms with Crippen molar-refractivity contribution in [3.05, 3.63) is 102 Å². The molecular formula is C30H32N4O3. The van der Waals surface area contributed by atoms with Crippen molar-refractivity contribution in [3.8, 4) is 5.75 Å². The largest absolute Gasteiger partial charge is 0.496 e. The molecule has 0 saturated carbocycles. The summed E-state index contributed by atoms with van der Waals surface area (Å²) in [6.07, 6.45) is 2.34. The minimum Gasteiger partial charge on any atom is -0.496 e. The molecule has 190 valence electrons. The number of ether oxygens (including phenoxy) is 1. The smallest absolute Gasteiger partial charge is 0.245 e. The van der Waals surface area contributed by atoms with Gasteiger partial charge in [0.1, 0.15) is 17.8 Å². The number of amides is 2. The molecule has 0 bridgehead atoms. The predicted octanol–water partition coefficient (Wildman–Crippen LogP) is 3.92. The number of hydrogen-bond donors (Lipinski definition) is 2. The molecule has 0 radical (unpaired) electrons. The van der Waals surface area contributed by atoms with Gasteiger partial charge in [0.25, 0.3) is 0 Å². The topological polar surface area (TPSA) is 77.7 Å². The molecule has 1 aliphatic heterocycles. The first-order valence-electron chi connectivity index (χ1n) is 12.6. The summed E-state index contributed by atoms with van der Waals surface area (Å²) in [5.74, 6) is 0.554. The number of aromatic amines is 1. The Bertz CT molecular complexity index is 1380. The number of methoxy groups -OCH3 is 1. The van der Waals surface area contributed by atoms with Crippen LogP contribution in [0.2, 0.25) is 0 Å². The second kappa shape index (κ2) is 10.9. The van der Waals surface area contributed by atoms with Crippen LogP contribution >= 0.6 is 0 Å². The average molecular weight is 497 g/mol. The number of para-hydroxylation sites is 2. The van der Waals surface area contributed by atoms with Gasteiger partial charge in [-0.05, 0) is 17.7 Å². The van der Waals surface area contributed by atoms with Gasteiger partial charge in [-0.3, -0.25) is 9.59 Å². The summed E-state index contributed by atoms with van der Waals surface area (Å²) in [7, 11) is 3.42. The SMILES string of the molecule is COc1ccccc1CN(C)C(=O)[C@H](Cc1ccccc1)N1CCNC(c2c[nH]c3ccccc23)C1=O. The quantitative estimate of drug-likeness (QED) is 0.388. The minimum absolute atomic E-state index is 0.0871. The molecule has 7 nitrogen and oxygen atoms in total. The number of piperazine rings is 1. The van der Waals surface area contributed by atoms with Gasteiger partial charge in [-0.15, -0.1) is 0 Å². The first-order chi connectivity index (χ1) is 18.1.